The molecule has 3 N–H and O–H groups in total. The molecule has 0 spiro atoms. The highest BCUT2D eigenvalue weighted by Crippen LogP contribution is 2.33. The molecule has 134 valence electrons. The number of fused-ring (bicyclic) bond motifs is 1. The van der Waals surface area contributed by atoms with Crippen molar-refractivity contribution in [3.63, 3.8) is 0 Å². The van der Waals surface area contributed by atoms with Gasteiger partial charge in [0.15, 0.2) is 0 Å². The lowest BCUT2D eigenvalue weighted by Crippen LogP contribution is -1.98. The summed E-state index contributed by atoms with van der Waals surface area (Å²) in [6, 6.07) is 13.1. The quantitative estimate of drug-likeness (QED) is 0.401. The molecule has 0 aliphatic carbocycles. The van der Waals surface area contributed by atoms with Gasteiger partial charge in [0.1, 0.15) is 10.6 Å². The minimum atomic E-state index is -4.34. The molecule has 0 radical (unpaired) electrons. The number of anilines is 1. The first-order valence-electron chi connectivity index (χ1n) is 7.66. The van der Waals surface area contributed by atoms with Crippen LogP contribution in [0.5, 0.6) is 5.75 Å². The molecule has 0 heterocycles. The first kappa shape index (κ1) is 17.8. The van der Waals surface area contributed by atoms with Crippen LogP contribution < -0.4 is 10.5 Å². The third-order valence-corrected chi connectivity index (χ3v) is 4.84. The van der Waals surface area contributed by atoms with Crippen LogP contribution in [0.3, 0.4) is 0 Å². The minimum absolute atomic E-state index is 0.169. The number of nitrogens with zero attached hydrogens (tertiary/aromatic N) is 2. The zero-order chi connectivity index (χ0) is 18.9. The van der Waals surface area contributed by atoms with E-state index in [2.05, 4.69) is 10.2 Å². The first-order valence-corrected chi connectivity index (χ1v) is 9.10. The highest BCUT2D eigenvalue weighted by Gasteiger charge is 2.14. The molecule has 0 aliphatic rings. The van der Waals surface area contributed by atoms with Crippen molar-refractivity contribution in [1.82, 2.24) is 0 Å². The second-order valence-electron chi connectivity index (χ2n) is 5.72. The number of ether oxygens (including phenoxy) is 1. The van der Waals surface area contributed by atoms with Crippen molar-refractivity contribution in [2.45, 2.75) is 11.8 Å². The number of nitrogen functional groups attached to an aromatic ring is 1. The van der Waals surface area contributed by atoms with Gasteiger partial charge in [0, 0.05) is 11.5 Å². The second-order valence-corrected chi connectivity index (χ2v) is 7.11. The van der Waals surface area contributed by atoms with Gasteiger partial charge in [0.05, 0.1) is 24.2 Å². The predicted octanol–water partition coefficient (Wildman–Crippen LogP) is 4.40. The van der Waals surface area contributed by atoms with Gasteiger partial charge in [0.25, 0.3) is 10.1 Å². The lowest BCUT2D eigenvalue weighted by atomic mass is 10.1. The number of azo groups is 1. The maximum atomic E-state index is 11.6. The van der Waals surface area contributed by atoms with Crippen LogP contribution in [0.2, 0.25) is 0 Å². The van der Waals surface area contributed by atoms with Gasteiger partial charge < -0.3 is 10.5 Å². The monoisotopic (exact) mass is 371 g/mol. The molecule has 0 amide bonds. The maximum Gasteiger partial charge on any atom is 0.295 e. The fourth-order valence-electron chi connectivity index (χ4n) is 2.61. The average molecular weight is 371 g/mol. The summed E-state index contributed by atoms with van der Waals surface area (Å²) in [6.07, 6.45) is 0. The van der Waals surface area contributed by atoms with Crippen molar-refractivity contribution >= 4 is 38.0 Å². The number of aryl methyl sites for hydroxylation is 1. The standard InChI is InChI=1S/C18H17N3O4S/c1-11-8-15(19)17(25-2)10-16(11)21-20-13-7-6-12-4-3-5-18(14(12)9-13)26(22,23)24/h3-10H,19H2,1-2H3,(H,22,23,24). The van der Waals surface area contributed by atoms with E-state index in [-0.39, 0.29) is 4.90 Å². The van der Waals surface area contributed by atoms with Crippen LogP contribution in [0.15, 0.2) is 63.7 Å². The lowest BCUT2D eigenvalue weighted by Gasteiger charge is -2.07. The molecule has 7 nitrogen and oxygen atoms in total. The van der Waals surface area contributed by atoms with E-state index in [1.165, 1.54) is 13.2 Å². The molecule has 26 heavy (non-hydrogen) atoms. The number of rotatable bonds is 4. The lowest BCUT2D eigenvalue weighted by molar-refractivity contribution is 0.417. The summed E-state index contributed by atoms with van der Waals surface area (Å²) in [4.78, 5) is -0.169. The third kappa shape index (κ3) is 3.51. The van der Waals surface area contributed by atoms with E-state index in [1.807, 2.05) is 6.92 Å². The van der Waals surface area contributed by atoms with E-state index in [9.17, 15) is 13.0 Å². The summed E-state index contributed by atoms with van der Waals surface area (Å²) >= 11 is 0. The van der Waals surface area contributed by atoms with Gasteiger partial charge >= 0.3 is 0 Å². The average Bonchev–Trinajstić information content (AvgIpc) is 2.59. The molecular weight excluding hydrogens is 354 g/mol. The Bertz CT molecular complexity index is 1120. The van der Waals surface area contributed by atoms with Crippen molar-refractivity contribution < 1.29 is 17.7 Å². The van der Waals surface area contributed by atoms with Gasteiger partial charge in [-0.25, -0.2) is 0 Å². The van der Waals surface area contributed by atoms with Gasteiger partial charge in [-0.05, 0) is 42.1 Å². The van der Waals surface area contributed by atoms with E-state index in [0.29, 0.717) is 33.6 Å². The summed E-state index contributed by atoms with van der Waals surface area (Å²) in [6.45, 7) is 1.85. The molecule has 0 fully saturated rings. The molecular formula is C18H17N3O4S. The Morgan fingerprint density at radius 1 is 1.08 bits per heavy atom. The Morgan fingerprint density at radius 3 is 2.54 bits per heavy atom. The van der Waals surface area contributed by atoms with Gasteiger partial charge in [-0.3, -0.25) is 4.55 Å². The number of methoxy groups -OCH3 is 1. The van der Waals surface area contributed by atoms with Gasteiger partial charge in [-0.1, -0.05) is 18.2 Å². The predicted molar refractivity (Wildman–Crippen MR) is 100 cm³/mol. The van der Waals surface area contributed by atoms with Crippen LogP contribution in [0.4, 0.5) is 17.1 Å². The van der Waals surface area contributed by atoms with Crippen LogP contribution >= 0.6 is 0 Å². The molecule has 0 aliphatic heterocycles. The Balaban J connectivity index is 2.06. The van der Waals surface area contributed by atoms with E-state index < -0.39 is 10.1 Å². The summed E-state index contributed by atoms with van der Waals surface area (Å²) in [5.41, 5.74) is 8.21. The van der Waals surface area contributed by atoms with Gasteiger partial charge in [-0.2, -0.15) is 18.6 Å². The smallest absolute Gasteiger partial charge is 0.295 e. The number of benzene rings is 3. The van der Waals surface area contributed by atoms with Gasteiger partial charge in [-0.15, -0.1) is 0 Å². The van der Waals surface area contributed by atoms with Crippen LogP contribution in [-0.2, 0) is 10.1 Å². The topological polar surface area (TPSA) is 114 Å². The molecule has 0 saturated heterocycles. The van der Waals surface area contributed by atoms with Crippen molar-refractivity contribution in [2.75, 3.05) is 12.8 Å². The molecule has 0 aromatic heterocycles. The van der Waals surface area contributed by atoms with E-state index in [4.69, 9.17) is 10.5 Å². The molecule has 0 saturated carbocycles. The van der Waals surface area contributed by atoms with E-state index in [0.717, 1.165) is 5.56 Å². The van der Waals surface area contributed by atoms with Crippen LogP contribution in [0.1, 0.15) is 5.56 Å². The summed E-state index contributed by atoms with van der Waals surface area (Å²) < 4.78 is 37.7. The Hall–Kier alpha value is -2.97. The minimum Gasteiger partial charge on any atom is -0.495 e. The largest absolute Gasteiger partial charge is 0.495 e. The summed E-state index contributed by atoms with van der Waals surface area (Å²) in [5, 5.41) is 9.41. The van der Waals surface area contributed by atoms with E-state index in [1.54, 1.807) is 42.5 Å². The number of hydrogen-bond acceptors (Lipinski definition) is 6. The van der Waals surface area contributed by atoms with Crippen LogP contribution in [0.25, 0.3) is 10.8 Å². The summed E-state index contributed by atoms with van der Waals surface area (Å²) in [7, 11) is -2.82. The van der Waals surface area contributed by atoms with Crippen molar-refractivity contribution in [1.29, 1.82) is 0 Å². The van der Waals surface area contributed by atoms with E-state index >= 15 is 0 Å². The molecule has 0 atom stereocenters. The van der Waals surface area contributed by atoms with Crippen LogP contribution in [0, 0.1) is 6.92 Å². The fraction of sp³-hybridized carbons (Fsp3) is 0.111. The number of nitrogens with two attached hydrogens (primary N) is 1. The Kier molecular flexibility index (Phi) is 4.62. The first-order chi connectivity index (χ1) is 12.3. The molecule has 8 heteroatoms. The fourth-order valence-corrected chi connectivity index (χ4v) is 3.32. The van der Waals surface area contributed by atoms with Crippen LogP contribution in [-0.4, -0.2) is 20.1 Å². The van der Waals surface area contributed by atoms with Gasteiger partial charge in [0.2, 0.25) is 0 Å². The SMILES string of the molecule is COc1cc(N=Nc2ccc3cccc(S(=O)(=O)O)c3c2)c(C)cc1N. The molecule has 0 bridgehead atoms. The molecule has 3 aromatic carbocycles. The zero-order valence-electron chi connectivity index (χ0n) is 14.2. The zero-order valence-corrected chi connectivity index (χ0v) is 15.0. The molecule has 3 aromatic rings. The van der Waals surface area contributed by atoms with Crippen molar-refractivity contribution in [3.05, 3.63) is 54.1 Å². The summed E-state index contributed by atoms with van der Waals surface area (Å²) in [5.74, 6) is 0.497. The second kappa shape index (κ2) is 6.74. The number of hydrogen-bond donors (Lipinski definition) is 2. The van der Waals surface area contributed by atoms with Crippen molar-refractivity contribution in [2.24, 2.45) is 10.2 Å². The third-order valence-electron chi connectivity index (χ3n) is 3.93. The maximum absolute atomic E-state index is 11.6. The molecule has 3 rings (SSSR count). The highest BCUT2D eigenvalue weighted by molar-refractivity contribution is 7.86. The molecule has 0 unspecified atom stereocenters. The van der Waals surface area contributed by atoms with Crippen molar-refractivity contribution in [3.8, 4) is 5.75 Å². The Labute approximate surface area is 150 Å². The Morgan fingerprint density at radius 2 is 1.85 bits per heavy atom. The normalized spacial score (nSPS) is 12.0. The highest BCUT2D eigenvalue weighted by atomic mass is 32.2.